The summed E-state index contributed by atoms with van der Waals surface area (Å²) in [5, 5.41) is 8.94. The molecule has 176 valence electrons. The summed E-state index contributed by atoms with van der Waals surface area (Å²) in [6.07, 6.45) is 21.8. The van der Waals surface area contributed by atoms with E-state index >= 15 is 0 Å². The number of unbranched alkanes of at least 4 members (excludes halogenated alkanes) is 6. The highest BCUT2D eigenvalue weighted by Crippen LogP contribution is 2.34. The van der Waals surface area contributed by atoms with Gasteiger partial charge in [0.05, 0.1) is 11.4 Å². The Bertz CT molecular complexity index is 726. The Morgan fingerprint density at radius 2 is 1.28 bits per heavy atom. The van der Waals surface area contributed by atoms with Crippen molar-refractivity contribution in [3.63, 3.8) is 0 Å². The maximum Gasteiger partial charge on any atom is 0.0929 e. The van der Waals surface area contributed by atoms with Crippen molar-refractivity contribution in [1.82, 2.24) is 10.2 Å². The zero-order valence-electron chi connectivity index (χ0n) is 20.8. The summed E-state index contributed by atoms with van der Waals surface area (Å²) in [5.74, 6) is 1.96. The molecule has 0 radical (unpaired) electrons. The maximum atomic E-state index is 4.49. The van der Waals surface area contributed by atoms with Crippen LogP contribution in [0.1, 0.15) is 115 Å². The lowest BCUT2D eigenvalue weighted by Gasteiger charge is -2.28. The van der Waals surface area contributed by atoms with Gasteiger partial charge in [-0.15, -0.1) is 0 Å². The molecule has 0 spiro atoms. The predicted molar refractivity (Wildman–Crippen MR) is 138 cm³/mol. The molecule has 0 bridgehead atoms. The van der Waals surface area contributed by atoms with Crippen molar-refractivity contribution >= 4 is 0 Å². The second-order valence-electron chi connectivity index (χ2n) is 10.2. The van der Waals surface area contributed by atoms with Crippen molar-refractivity contribution in [2.75, 3.05) is 0 Å². The van der Waals surface area contributed by atoms with Crippen LogP contribution < -0.4 is 0 Å². The van der Waals surface area contributed by atoms with Crippen LogP contribution >= 0.6 is 0 Å². The Hall–Kier alpha value is -1.70. The first-order chi connectivity index (χ1) is 15.8. The van der Waals surface area contributed by atoms with Crippen molar-refractivity contribution in [2.24, 2.45) is 11.8 Å². The summed E-state index contributed by atoms with van der Waals surface area (Å²) in [6.45, 7) is 4.56. The molecule has 3 rings (SSSR count). The van der Waals surface area contributed by atoms with Crippen LogP contribution in [-0.2, 0) is 12.8 Å². The third-order valence-electron chi connectivity index (χ3n) is 7.53. The summed E-state index contributed by atoms with van der Waals surface area (Å²) in [4.78, 5) is 0. The average molecular weight is 435 g/mol. The summed E-state index contributed by atoms with van der Waals surface area (Å²) in [5.41, 5.74) is 4.77. The Labute approximate surface area is 197 Å². The normalized spacial score (nSPS) is 18.7. The van der Waals surface area contributed by atoms with Gasteiger partial charge in [-0.2, -0.15) is 10.2 Å². The molecule has 1 aromatic carbocycles. The molecule has 2 heteroatoms. The van der Waals surface area contributed by atoms with Gasteiger partial charge < -0.3 is 0 Å². The number of hydrogen-bond acceptors (Lipinski definition) is 2. The number of aromatic nitrogens is 2. The van der Waals surface area contributed by atoms with Crippen LogP contribution in [0.15, 0.2) is 36.4 Å². The lowest BCUT2D eigenvalue weighted by Crippen LogP contribution is -2.15. The molecular formula is C30H46N2. The Balaban J connectivity index is 1.37. The fourth-order valence-electron chi connectivity index (χ4n) is 5.26. The lowest BCUT2D eigenvalue weighted by molar-refractivity contribution is 0.249. The van der Waals surface area contributed by atoms with E-state index in [1.54, 1.807) is 0 Å². The molecule has 0 amide bonds. The highest BCUT2D eigenvalue weighted by Gasteiger charge is 2.20. The van der Waals surface area contributed by atoms with Crippen molar-refractivity contribution < 1.29 is 0 Å². The molecule has 32 heavy (non-hydrogen) atoms. The van der Waals surface area contributed by atoms with Crippen LogP contribution in [-0.4, -0.2) is 10.2 Å². The molecule has 1 fully saturated rings. The SMILES string of the molecule is CCCCCCc1ccc(-c2ccc(CCC3CCC(CCCCCC)CC3)cc2)nn1. The molecule has 1 heterocycles. The highest BCUT2D eigenvalue weighted by atomic mass is 15.1. The van der Waals surface area contributed by atoms with Crippen molar-refractivity contribution in [3.05, 3.63) is 47.7 Å². The predicted octanol–water partition coefficient (Wildman–Crippen LogP) is 8.98. The van der Waals surface area contributed by atoms with Crippen LogP contribution in [0.2, 0.25) is 0 Å². The number of aryl methyl sites for hydroxylation is 2. The standard InChI is InChI=1S/C30H46N2/c1-3-5-7-9-11-25-13-15-26(16-14-25)17-18-27-19-21-28(22-20-27)30-24-23-29(31-32-30)12-10-8-6-4-2/h19-26H,3-18H2,1-2H3. The minimum absolute atomic E-state index is 0.942. The van der Waals surface area contributed by atoms with E-state index in [0.717, 1.165) is 29.6 Å². The zero-order chi connectivity index (χ0) is 22.4. The molecule has 0 atom stereocenters. The van der Waals surface area contributed by atoms with E-state index in [1.807, 2.05) is 0 Å². The van der Waals surface area contributed by atoms with E-state index in [4.69, 9.17) is 0 Å². The molecule has 0 saturated heterocycles. The van der Waals surface area contributed by atoms with E-state index in [2.05, 4.69) is 60.4 Å². The largest absolute Gasteiger partial charge is 0.155 e. The van der Waals surface area contributed by atoms with E-state index < -0.39 is 0 Å². The molecule has 1 aliphatic carbocycles. The zero-order valence-corrected chi connectivity index (χ0v) is 20.8. The molecule has 0 aliphatic heterocycles. The third kappa shape index (κ3) is 8.68. The van der Waals surface area contributed by atoms with E-state index in [1.165, 1.54) is 107 Å². The monoisotopic (exact) mass is 434 g/mol. The average Bonchev–Trinajstić information content (AvgIpc) is 2.85. The fourth-order valence-corrected chi connectivity index (χ4v) is 5.26. The number of nitrogens with zero attached hydrogens (tertiary/aromatic N) is 2. The van der Waals surface area contributed by atoms with Crippen molar-refractivity contribution in [2.45, 2.75) is 117 Å². The molecule has 0 unspecified atom stereocenters. The van der Waals surface area contributed by atoms with E-state index in [9.17, 15) is 0 Å². The molecule has 1 aromatic heterocycles. The molecule has 1 saturated carbocycles. The van der Waals surface area contributed by atoms with E-state index in [0.29, 0.717) is 0 Å². The van der Waals surface area contributed by atoms with Gasteiger partial charge in [-0.3, -0.25) is 0 Å². The number of rotatable bonds is 14. The highest BCUT2D eigenvalue weighted by molar-refractivity contribution is 5.58. The first-order valence-electron chi connectivity index (χ1n) is 13.7. The third-order valence-corrected chi connectivity index (χ3v) is 7.53. The van der Waals surface area contributed by atoms with Crippen LogP contribution in [0.5, 0.6) is 0 Å². The first-order valence-corrected chi connectivity index (χ1v) is 13.7. The van der Waals surface area contributed by atoms with Crippen molar-refractivity contribution in [3.8, 4) is 11.3 Å². The minimum atomic E-state index is 0.942. The summed E-state index contributed by atoms with van der Waals surface area (Å²) >= 11 is 0. The molecule has 2 aromatic rings. The fraction of sp³-hybridized carbons (Fsp3) is 0.667. The van der Waals surface area contributed by atoms with Crippen LogP contribution in [0.3, 0.4) is 0 Å². The summed E-state index contributed by atoms with van der Waals surface area (Å²) in [6, 6.07) is 13.4. The van der Waals surface area contributed by atoms with Gasteiger partial charge >= 0.3 is 0 Å². The van der Waals surface area contributed by atoms with Crippen molar-refractivity contribution in [1.29, 1.82) is 0 Å². The minimum Gasteiger partial charge on any atom is -0.155 e. The number of hydrogen-bond donors (Lipinski definition) is 0. The smallest absolute Gasteiger partial charge is 0.0929 e. The van der Waals surface area contributed by atoms with E-state index in [-0.39, 0.29) is 0 Å². The maximum absolute atomic E-state index is 4.49. The van der Waals surface area contributed by atoms with Gasteiger partial charge in [0.2, 0.25) is 0 Å². The van der Waals surface area contributed by atoms with Crippen LogP contribution in [0, 0.1) is 11.8 Å². The lowest BCUT2D eigenvalue weighted by atomic mass is 9.77. The molecule has 0 N–H and O–H groups in total. The number of benzene rings is 1. The van der Waals surface area contributed by atoms with Gasteiger partial charge in [-0.05, 0) is 55.2 Å². The molecular weight excluding hydrogens is 388 g/mol. The van der Waals surface area contributed by atoms with Gasteiger partial charge in [0.1, 0.15) is 0 Å². The quantitative estimate of drug-likeness (QED) is 0.277. The van der Waals surface area contributed by atoms with Crippen LogP contribution in [0.4, 0.5) is 0 Å². The Kier molecular flexibility index (Phi) is 11.3. The second-order valence-corrected chi connectivity index (χ2v) is 10.2. The molecule has 1 aliphatic rings. The van der Waals surface area contributed by atoms with Gasteiger partial charge in [-0.1, -0.05) is 115 Å². The first kappa shape index (κ1) is 24.9. The summed E-state index contributed by atoms with van der Waals surface area (Å²) < 4.78 is 0. The summed E-state index contributed by atoms with van der Waals surface area (Å²) in [7, 11) is 0. The topological polar surface area (TPSA) is 25.8 Å². The van der Waals surface area contributed by atoms with Gasteiger partial charge in [-0.25, -0.2) is 0 Å². The Morgan fingerprint density at radius 1 is 0.625 bits per heavy atom. The van der Waals surface area contributed by atoms with Gasteiger partial charge in [0.25, 0.3) is 0 Å². The van der Waals surface area contributed by atoms with Gasteiger partial charge in [0, 0.05) is 5.56 Å². The Morgan fingerprint density at radius 3 is 1.91 bits per heavy atom. The second kappa shape index (κ2) is 14.4. The molecule has 2 nitrogen and oxygen atoms in total. The van der Waals surface area contributed by atoms with Gasteiger partial charge in [0.15, 0.2) is 0 Å². The van der Waals surface area contributed by atoms with Crippen LogP contribution in [0.25, 0.3) is 11.3 Å².